The van der Waals surface area contributed by atoms with Crippen LogP contribution in [0.4, 0.5) is 11.5 Å². The molecule has 11 heteroatoms. The van der Waals surface area contributed by atoms with Crippen LogP contribution in [-0.4, -0.2) is 38.6 Å². The van der Waals surface area contributed by atoms with Crippen LogP contribution in [-0.2, 0) is 17.8 Å². The standard InChI is InChI=1S/C26H19Cl2N5O3S/c27-18-11-15(7-8-17(18)24(34)32-22-6-2-4-10-30-22)14-33-20(12-16-5-1-3-9-29-16)25(35)31-19-13-21(28)37-23(19)26(33)36/h1-11,13,20H,12,14H2,(H,31,35)(H,30,32,34). The summed E-state index contributed by atoms with van der Waals surface area (Å²) in [6, 6.07) is 16.2. The molecule has 0 saturated carbocycles. The first-order valence-corrected chi connectivity index (χ1v) is 12.8. The Morgan fingerprint density at radius 1 is 1.03 bits per heavy atom. The van der Waals surface area contributed by atoms with Crippen LogP contribution in [0.15, 0.2) is 73.1 Å². The number of benzene rings is 1. The molecule has 3 amide bonds. The number of fused-ring (bicyclic) bond motifs is 1. The molecule has 1 aliphatic rings. The highest BCUT2D eigenvalue weighted by atomic mass is 35.5. The molecular weight excluding hydrogens is 533 g/mol. The summed E-state index contributed by atoms with van der Waals surface area (Å²) in [5, 5.41) is 5.74. The van der Waals surface area contributed by atoms with Crippen molar-refractivity contribution in [3.63, 3.8) is 0 Å². The van der Waals surface area contributed by atoms with Crippen LogP contribution in [0.1, 0.15) is 31.3 Å². The third-order valence-electron chi connectivity index (χ3n) is 5.76. The lowest BCUT2D eigenvalue weighted by atomic mass is 10.1. The molecule has 0 bridgehead atoms. The van der Waals surface area contributed by atoms with Crippen LogP contribution < -0.4 is 10.6 Å². The molecule has 4 aromatic rings. The van der Waals surface area contributed by atoms with E-state index >= 15 is 0 Å². The van der Waals surface area contributed by atoms with Crippen LogP contribution >= 0.6 is 34.5 Å². The predicted molar refractivity (Wildman–Crippen MR) is 143 cm³/mol. The van der Waals surface area contributed by atoms with Crippen molar-refractivity contribution in [1.82, 2.24) is 14.9 Å². The van der Waals surface area contributed by atoms with E-state index in [2.05, 4.69) is 20.6 Å². The van der Waals surface area contributed by atoms with Crippen molar-refractivity contribution in [2.24, 2.45) is 0 Å². The second-order valence-corrected chi connectivity index (χ2v) is 10.3. The summed E-state index contributed by atoms with van der Waals surface area (Å²) in [6.45, 7) is 0.0839. The summed E-state index contributed by atoms with van der Waals surface area (Å²) in [6.07, 6.45) is 3.43. The van der Waals surface area contributed by atoms with E-state index < -0.39 is 11.9 Å². The fourth-order valence-electron chi connectivity index (χ4n) is 4.00. The van der Waals surface area contributed by atoms with Crippen molar-refractivity contribution < 1.29 is 14.4 Å². The first-order valence-electron chi connectivity index (χ1n) is 11.2. The summed E-state index contributed by atoms with van der Waals surface area (Å²) >= 11 is 13.7. The number of pyridine rings is 2. The molecule has 2 N–H and O–H groups in total. The van der Waals surface area contributed by atoms with Gasteiger partial charge in [-0.25, -0.2) is 4.98 Å². The van der Waals surface area contributed by atoms with Gasteiger partial charge >= 0.3 is 0 Å². The molecule has 0 fully saturated rings. The molecule has 1 aromatic carbocycles. The van der Waals surface area contributed by atoms with Crippen LogP contribution in [0.2, 0.25) is 9.36 Å². The van der Waals surface area contributed by atoms with Crippen LogP contribution in [0.3, 0.4) is 0 Å². The normalized spacial score (nSPS) is 15.1. The quantitative estimate of drug-likeness (QED) is 0.338. The van der Waals surface area contributed by atoms with Gasteiger partial charge in [-0.15, -0.1) is 11.3 Å². The molecule has 0 aliphatic carbocycles. The van der Waals surface area contributed by atoms with Gasteiger partial charge in [-0.05, 0) is 48.0 Å². The van der Waals surface area contributed by atoms with Gasteiger partial charge in [0.15, 0.2) is 0 Å². The highest BCUT2D eigenvalue weighted by Gasteiger charge is 2.37. The molecule has 1 atom stereocenters. The fourth-order valence-corrected chi connectivity index (χ4v) is 5.43. The van der Waals surface area contributed by atoms with Crippen molar-refractivity contribution in [2.75, 3.05) is 10.6 Å². The molecule has 5 rings (SSSR count). The molecule has 4 heterocycles. The minimum absolute atomic E-state index is 0.0839. The number of carbonyl (C=O) groups is 3. The fraction of sp³-hybridized carbons (Fsp3) is 0.115. The third-order valence-corrected chi connectivity index (χ3v) is 7.32. The van der Waals surface area contributed by atoms with E-state index in [0.29, 0.717) is 32.0 Å². The topological polar surface area (TPSA) is 104 Å². The Bertz CT molecular complexity index is 1480. The van der Waals surface area contributed by atoms with E-state index in [-0.39, 0.29) is 35.4 Å². The minimum Gasteiger partial charge on any atom is -0.323 e. The lowest BCUT2D eigenvalue weighted by Gasteiger charge is -2.28. The second kappa shape index (κ2) is 10.7. The highest BCUT2D eigenvalue weighted by molar-refractivity contribution is 7.18. The number of hydrogen-bond acceptors (Lipinski definition) is 6. The van der Waals surface area contributed by atoms with Gasteiger partial charge in [0.25, 0.3) is 11.8 Å². The van der Waals surface area contributed by atoms with Gasteiger partial charge < -0.3 is 15.5 Å². The Labute approximate surface area is 226 Å². The van der Waals surface area contributed by atoms with Gasteiger partial charge in [-0.2, -0.15) is 0 Å². The summed E-state index contributed by atoms with van der Waals surface area (Å²) in [4.78, 5) is 49.8. The van der Waals surface area contributed by atoms with Gasteiger partial charge in [0.1, 0.15) is 16.7 Å². The van der Waals surface area contributed by atoms with Crippen molar-refractivity contribution in [2.45, 2.75) is 19.0 Å². The molecule has 37 heavy (non-hydrogen) atoms. The predicted octanol–water partition coefficient (Wildman–Crippen LogP) is 5.30. The maximum absolute atomic E-state index is 13.6. The third kappa shape index (κ3) is 5.48. The Morgan fingerprint density at radius 3 is 2.51 bits per heavy atom. The zero-order valence-electron chi connectivity index (χ0n) is 19.2. The van der Waals surface area contributed by atoms with E-state index in [1.54, 1.807) is 67.0 Å². The van der Waals surface area contributed by atoms with Crippen LogP contribution in [0.5, 0.6) is 0 Å². The second-order valence-electron chi connectivity index (χ2n) is 8.24. The number of nitrogens with one attached hydrogen (secondary N) is 2. The lowest BCUT2D eigenvalue weighted by molar-refractivity contribution is -0.120. The monoisotopic (exact) mass is 551 g/mol. The number of hydrogen-bond donors (Lipinski definition) is 2. The smallest absolute Gasteiger partial charge is 0.267 e. The Balaban J connectivity index is 1.44. The first kappa shape index (κ1) is 24.9. The zero-order valence-corrected chi connectivity index (χ0v) is 21.5. The molecule has 0 radical (unpaired) electrons. The SMILES string of the molecule is O=C(Nc1ccccn1)c1ccc(CN2C(=O)c3sc(Cl)cc3NC(=O)C2Cc2ccccn2)cc1Cl. The van der Waals surface area contributed by atoms with Gasteiger partial charge in [-0.3, -0.25) is 19.4 Å². The summed E-state index contributed by atoms with van der Waals surface area (Å²) < 4.78 is 0.396. The zero-order chi connectivity index (χ0) is 25.9. The first-order chi connectivity index (χ1) is 17.9. The van der Waals surface area contributed by atoms with Crippen LogP contribution in [0.25, 0.3) is 0 Å². The van der Waals surface area contributed by atoms with Gasteiger partial charge in [0.05, 0.1) is 20.6 Å². The number of thiophene rings is 1. The number of halogens is 2. The number of aromatic nitrogens is 2. The van der Waals surface area contributed by atoms with E-state index in [4.69, 9.17) is 23.2 Å². The summed E-state index contributed by atoms with van der Waals surface area (Å²) in [5.74, 6) is -0.688. The maximum atomic E-state index is 13.6. The van der Waals surface area contributed by atoms with Crippen LogP contribution in [0, 0.1) is 0 Å². The minimum atomic E-state index is -0.827. The van der Waals surface area contributed by atoms with E-state index in [9.17, 15) is 14.4 Å². The molecule has 186 valence electrons. The highest BCUT2D eigenvalue weighted by Crippen LogP contribution is 2.35. The number of carbonyl (C=O) groups excluding carboxylic acids is 3. The van der Waals surface area contributed by atoms with E-state index in [1.165, 1.54) is 4.90 Å². The molecule has 0 spiro atoms. The largest absolute Gasteiger partial charge is 0.323 e. The number of amides is 3. The van der Waals surface area contributed by atoms with Crippen molar-refractivity contribution in [3.8, 4) is 0 Å². The lowest BCUT2D eigenvalue weighted by Crippen LogP contribution is -2.46. The van der Waals surface area contributed by atoms with Crippen molar-refractivity contribution >= 4 is 63.8 Å². The van der Waals surface area contributed by atoms with E-state index in [0.717, 1.165) is 11.3 Å². The molecule has 8 nitrogen and oxygen atoms in total. The molecule has 1 aliphatic heterocycles. The average molecular weight is 552 g/mol. The van der Waals surface area contributed by atoms with Gasteiger partial charge in [0.2, 0.25) is 5.91 Å². The Morgan fingerprint density at radius 2 is 1.81 bits per heavy atom. The van der Waals surface area contributed by atoms with Gasteiger partial charge in [-0.1, -0.05) is 41.4 Å². The van der Waals surface area contributed by atoms with E-state index in [1.807, 2.05) is 6.07 Å². The maximum Gasteiger partial charge on any atom is 0.267 e. The number of nitrogens with zero attached hydrogens (tertiary/aromatic N) is 3. The molecule has 1 unspecified atom stereocenters. The molecular formula is C26H19Cl2N5O3S. The average Bonchev–Trinajstić information content (AvgIpc) is 3.23. The Hall–Kier alpha value is -3.79. The molecule has 3 aromatic heterocycles. The molecule has 0 saturated heterocycles. The Kier molecular flexibility index (Phi) is 7.18. The summed E-state index contributed by atoms with van der Waals surface area (Å²) in [5.41, 5.74) is 1.97. The van der Waals surface area contributed by atoms with Crippen molar-refractivity contribution in [3.05, 3.63) is 104 Å². The van der Waals surface area contributed by atoms with Crippen molar-refractivity contribution in [1.29, 1.82) is 0 Å². The number of anilines is 2. The number of rotatable bonds is 6. The summed E-state index contributed by atoms with van der Waals surface area (Å²) in [7, 11) is 0. The van der Waals surface area contributed by atoms with Gasteiger partial charge in [0, 0.05) is 31.1 Å².